The summed E-state index contributed by atoms with van der Waals surface area (Å²) in [4.78, 5) is 32.3. The molecule has 3 rings (SSSR count). The highest BCUT2D eigenvalue weighted by molar-refractivity contribution is 7.99. The van der Waals surface area contributed by atoms with Gasteiger partial charge in [0.25, 0.3) is 0 Å². The van der Waals surface area contributed by atoms with E-state index in [9.17, 15) is 9.59 Å². The van der Waals surface area contributed by atoms with Crippen LogP contribution in [0.4, 0.5) is 0 Å². The van der Waals surface area contributed by atoms with Crippen molar-refractivity contribution in [3.63, 3.8) is 0 Å². The normalized spacial score (nSPS) is 17.7. The summed E-state index contributed by atoms with van der Waals surface area (Å²) in [6.07, 6.45) is 2.55. The lowest BCUT2D eigenvalue weighted by Gasteiger charge is -2.38. The molecule has 7 heteroatoms. The van der Waals surface area contributed by atoms with Crippen LogP contribution >= 0.6 is 11.8 Å². The molecule has 0 aliphatic carbocycles. The van der Waals surface area contributed by atoms with E-state index in [-0.39, 0.29) is 17.3 Å². The summed E-state index contributed by atoms with van der Waals surface area (Å²) in [6, 6.07) is 6.41. The van der Waals surface area contributed by atoms with Crippen LogP contribution in [0.1, 0.15) is 55.4 Å². The Labute approximate surface area is 177 Å². The zero-order valence-electron chi connectivity index (χ0n) is 17.9. The van der Waals surface area contributed by atoms with Gasteiger partial charge in [-0.1, -0.05) is 6.07 Å². The summed E-state index contributed by atoms with van der Waals surface area (Å²) < 4.78 is 4.82. The quantitative estimate of drug-likeness (QED) is 0.689. The van der Waals surface area contributed by atoms with Crippen molar-refractivity contribution in [2.24, 2.45) is 0 Å². The van der Waals surface area contributed by atoms with Crippen LogP contribution in [0.25, 0.3) is 10.9 Å². The molecule has 1 atom stereocenters. The number of aromatic nitrogens is 1. The first-order valence-corrected chi connectivity index (χ1v) is 11.2. The van der Waals surface area contributed by atoms with Crippen LogP contribution in [0, 0.1) is 0 Å². The number of carbonyl (C=O) groups excluding carboxylic acids is 2. The number of nitrogens with zero attached hydrogens (tertiary/aromatic N) is 2. The standard InChI is InChI=1S/C22H31N3O3S/c1-14(2)24(15(3)4)9-10-25-20(26)8-11-29-21(25)18-13-23-19-12-16(22(27)28-5)6-7-17(18)19/h6-7,12-15,21,23H,8-11H2,1-5H3. The van der Waals surface area contributed by atoms with Crippen molar-refractivity contribution >= 4 is 34.5 Å². The lowest BCUT2D eigenvalue weighted by atomic mass is 10.1. The Hall–Kier alpha value is -1.99. The highest BCUT2D eigenvalue weighted by Crippen LogP contribution is 2.40. The molecular weight excluding hydrogens is 386 g/mol. The number of methoxy groups -OCH3 is 1. The third-order valence-electron chi connectivity index (χ3n) is 5.52. The molecule has 0 bridgehead atoms. The first-order chi connectivity index (χ1) is 13.8. The number of rotatable bonds is 7. The maximum absolute atomic E-state index is 12.8. The Morgan fingerprint density at radius 2 is 2.03 bits per heavy atom. The SMILES string of the molecule is COC(=O)c1ccc2c(C3SCCC(=O)N3CCN(C(C)C)C(C)C)c[nH]c2c1. The third-order valence-corrected chi connectivity index (χ3v) is 6.79. The van der Waals surface area contributed by atoms with E-state index in [2.05, 4.69) is 37.6 Å². The van der Waals surface area contributed by atoms with Crippen LogP contribution in [-0.4, -0.2) is 64.7 Å². The molecule has 158 valence electrons. The largest absolute Gasteiger partial charge is 0.465 e. The number of ether oxygens (including phenoxy) is 1. The second kappa shape index (κ2) is 9.22. The molecule has 1 unspecified atom stereocenters. The maximum Gasteiger partial charge on any atom is 0.337 e. The Morgan fingerprint density at radius 1 is 1.31 bits per heavy atom. The molecule has 6 nitrogen and oxygen atoms in total. The van der Waals surface area contributed by atoms with Crippen LogP contribution in [0.5, 0.6) is 0 Å². The van der Waals surface area contributed by atoms with Crippen LogP contribution in [0.3, 0.4) is 0 Å². The smallest absolute Gasteiger partial charge is 0.337 e. The van der Waals surface area contributed by atoms with E-state index in [1.54, 1.807) is 17.8 Å². The lowest BCUT2D eigenvalue weighted by molar-refractivity contribution is -0.132. The van der Waals surface area contributed by atoms with Crippen molar-refractivity contribution in [2.75, 3.05) is 26.0 Å². The van der Waals surface area contributed by atoms with Crippen molar-refractivity contribution in [3.05, 3.63) is 35.5 Å². The second-order valence-electron chi connectivity index (χ2n) is 7.98. The Morgan fingerprint density at radius 3 is 2.69 bits per heavy atom. The number of hydrogen-bond donors (Lipinski definition) is 1. The van der Waals surface area contributed by atoms with Gasteiger partial charge in [0.15, 0.2) is 0 Å². The Balaban J connectivity index is 1.87. The molecule has 1 amide bonds. The monoisotopic (exact) mass is 417 g/mol. The molecular formula is C22H31N3O3S. The van der Waals surface area contributed by atoms with Crippen molar-refractivity contribution in [2.45, 2.75) is 51.6 Å². The molecule has 1 fully saturated rings. The number of amides is 1. The third kappa shape index (κ3) is 4.61. The summed E-state index contributed by atoms with van der Waals surface area (Å²) >= 11 is 1.81. The number of benzene rings is 1. The topological polar surface area (TPSA) is 65.6 Å². The number of carbonyl (C=O) groups is 2. The van der Waals surface area contributed by atoms with Gasteiger partial charge in [-0.3, -0.25) is 9.69 Å². The molecule has 1 saturated heterocycles. The average molecular weight is 418 g/mol. The molecule has 0 radical (unpaired) electrons. The Bertz CT molecular complexity index is 869. The van der Waals surface area contributed by atoms with E-state index < -0.39 is 0 Å². The van der Waals surface area contributed by atoms with E-state index in [4.69, 9.17) is 4.74 Å². The number of hydrogen-bond acceptors (Lipinski definition) is 5. The van der Waals surface area contributed by atoms with Crippen molar-refractivity contribution < 1.29 is 14.3 Å². The molecule has 29 heavy (non-hydrogen) atoms. The van der Waals surface area contributed by atoms with Gasteiger partial charge in [-0.05, 0) is 39.8 Å². The van der Waals surface area contributed by atoms with Gasteiger partial charge in [0.1, 0.15) is 5.37 Å². The minimum atomic E-state index is -0.352. The van der Waals surface area contributed by atoms with Gasteiger partial charge < -0.3 is 14.6 Å². The van der Waals surface area contributed by atoms with Crippen LogP contribution < -0.4 is 0 Å². The zero-order valence-corrected chi connectivity index (χ0v) is 18.7. The predicted molar refractivity (Wildman–Crippen MR) is 118 cm³/mol. The van der Waals surface area contributed by atoms with Crippen LogP contribution in [0.15, 0.2) is 24.4 Å². The Kier molecular flexibility index (Phi) is 6.90. The molecule has 2 aromatic rings. The van der Waals surface area contributed by atoms with E-state index in [1.807, 2.05) is 23.2 Å². The number of thioether (sulfide) groups is 1. The summed E-state index contributed by atoms with van der Waals surface area (Å²) in [5.41, 5.74) is 2.49. The fourth-order valence-electron chi connectivity index (χ4n) is 4.06. The van der Waals surface area contributed by atoms with Crippen LogP contribution in [-0.2, 0) is 9.53 Å². The zero-order chi connectivity index (χ0) is 21.1. The van der Waals surface area contributed by atoms with Crippen LogP contribution in [0.2, 0.25) is 0 Å². The summed E-state index contributed by atoms with van der Waals surface area (Å²) in [7, 11) is 1.38. The molecule has 2 heterocycles. The molecule has 1 N–H and O–H groups in total. The molecule has 1 aromatic carbocycles. The highest BCUT2D eigenvalue weighted by Gasteiger charge is 2.32. The van der Waals surface area contributed by atoms with Gasteiger partial charge in [0, 0.05) is 60.0 Å². The fourth-order valence-corrected chi connectivity index (χ4v) is 5.35. The fraction of sp³-hybridized carbons (Fsp3) is 0.545. The molecule has 1 aromatic heterocycles. The highest BCUT2D eigenvalue weighted by atomic mass is 32.2. The second-order valence-corrected chi connectivity index (χ2v) is 9.17. The number of esters is 1. The summed E-state index contributed by atoms with van der Waals surface area (Å²) in [6.45, 7) is 10.4. The number of aromatic amines is 1. The maximum atomic E-state index is 12.8. The predicted octanol–water partition coefficient (Wildman–Crippen LogP) is 4.04. The van der Waals surface area contributed by atoms with E-state index in [1.165, 1.54) is 7.11 Å². The number of fused-ring (bicyclic) bond motifs is 1. The summed E-state index contributed by atoms with van der Waals surface area (Å²) in [5.74, 6) is 0.682. The number of nitrogens with one attached hydrogen (secondary N) is 1. The lowest BCUT2D eigenvalue weighted by Crippen LogP contribution is -2.46. The minimum Gasteiger partial charge on any atom is -0.465 e. The minimum absolute atomic E-state index is 0.0184. The van der Waals surface area contributed by atoms with Gasteiger partial charge >= 0.3 is 5.97 Å². The first-order valence-electron chi connectivity index (χ1n) is 10.2. The van der Waals surface area contributed by atoms with Gasteiger partial charge in [-0.2, -0.15) is 0 Å². The molecule has 0 saturated carbocycles. The first kappa shape index (κ1) is 21.7. The van der Waals surface area contributed by atoms with Gasteiger partial charge in [0.05, 0.1) is 12.7 Å². The van der Waals surface area contributed by atoms with Crippen molar-refractivity contribution in [3.8, 4) is 0 Å². The van der Waals surface area contributed by atoms with E-state index in [0.29, 0.717) is 30.6 Å². The van der Waals surface area contributed by atoms with E-state index >= 15 is 0 Å². The van der Waals surface area contributed by atoms with Gasteiger partial charge in [0.2, 0.25) is 5.91 Å². The molecule has 1 aliphatic rings. The van der Waals surface area contributed by atoms with Crippen molar-refractivity contribution in [1.29, 1.82) is 0 Å². The van der Waals surface area contributed by atoms with Gasteiger partial charge in [-0.15, -0.1) is 11.8 Å². The summed E-state index contributed by atoms with van der Waals surface area (Å²) in [5, 5.41) is 1.02. The van der Waals surface area contributed by atoms with E-state index in [0.717, 1.165) is 28.8 Å². The number of H-pyrrole nitrogens is 1. The van der Waals surface area contributed by atoms with Gasteiger partial charge in [-0.25, -0.2) is 4.79 Å². The van der Waals surface area contributed by atoms with Crippen molar-refractivity contribution in [1.82, 2.24) is 14.8 Å². The molecule has 0 spiro atoms. The average Bonchev–Trinajstić information content (AvgIpc) is 3.11. The molecule has 1 aliphatic heterocycles.